The number of alkyl halides is 3. The van der Waals surface area contributed by atoms with Crippen molar-refractivity contribution in [3.63, 3.8) is 0 Å². The maximum absolute atomic E-state index is 13.4. The molecule has 0 radical (unpaired) electrons. The van der Waals surface area contributed by atoms with Gasteiger partial charge in [-0.2, -0.15) is 13.2 Å². The van der Waals surface area contributed by atoms with Gasteiger partial charge in [-0.25, -0.2) is 9.78 Å². The van der Waals surface area contributed by atoms with Gasteiger partial charge in [-0.1, -0.05) is 19.3 Å². The van der Waals surface area contributed by atoms with Crippen molar-refractivity contribution in [1.82, 2.24) is 10.3 Å². The number of anilines is 2. The Morgan fingerprint density at radius 2 is 1.60 bits per heavy atom. The molecule has 0 unspecified atom stereocenters. The van der Waals surface area contributed by atoms with Gasteiger partial charge in [0.2, 0.25) is 0 Å². The van der Waals surface area contributed by atoms with Gasteiger partial charge in [0.25, 0.3) is 0 Å². The number of nitrogens with zero attached hydrogens (tertiary/aromatic N) is 2. The molecule has 9 heteroatoms. The fourth-order valence-electron chi connectivity index (χ4n) is 5.46. The van der Waals surface area contributed by atoms with Crippen LogP contribution < -0.4 is 15.5 Å². The first-order valence-electron chi connectivity index (χ1n) is 13.9. The Kier molecular flexibility index (Phi) is 8.38. The molecule has 2 N–H and O–H groups in total. The van der Waals surface area contributed by atoms with E-state index in [1.165, 1.54) is 18.6 Å². The molecule has 3 aromatic rings. The highest BCUT2D eigenvalue weighted by molar-refractivity contribution is 6.07. The van der Waals surface area contributed by atoms with Crippen LogP contribution >= 0.6 is 0 Å². The summed E-state index contributed by atoms with van der Waals surface area (Å²) in [5, 5.41) is 6.27. The number of pyridine rings is 1. The van der Waals surface area contributed by atoms with Gasteiger partial charge in [0.1, 0.15) is 0 Å². The fraction of sp³-hybridized carbons (Fsp3) is 0.387. The van der Waals surface area contributed by atoms with E-state index in [0.29, 0.717) is 33.5 Å². The monoisotopic (exact) mass is 550 g/mol. The largest absolute Gasteiger partial charge is 0.416 e. The molecule has 2 heterocycles. The van der Waals surface area contributed by atoms with Crippen molar-refractivity contribution in [3.05, 3.63) is 71.4 Å². The molecule has 1 saturated carbocycles. The van der Waals surface area contributed by atoms with Crippen LogP contribution in [0.4, 0.5) is 29.3 Å². The van der Waals surface area contributed by atoms with E-state index in [4.69, 9.17) is 0 Å². The Labute approximate surface area is 231 Å². The molecule has 2 amide bonds. The van der Waals surface area contributed by atoms with Crippen LogP contribution in [0.1, 0.15) is 73.0 Å². The maximum Gasteiger partial charge on any atom is 0.416 e. The summed E-state index contributed by atoms with van der Waals surface area (Å²) >= 11 is 0. The van der Waals surface area contributed by atoms with E-state index in [1.54, 1.807) is 36.4 Å². The van der Waals surface area contributed by atoms with E-state index >= 15 is 0 Å². The number of fused-ring (bicyclic) bond motifs is 1. The molecular formula is C31H33F3N4O2. The average Bonchev–Trinajstić information content (AvgIpc) is 2.96. The number of nitrogens with one attached hydrogen (secondary N) is 2. The Morgan fingerprint density at radius 1 is 0.900 bits per heavy atom. The third kappa shape index (κ3) is 6.81. The standard InChI is InChI=1S/C31H33F3N4O2/c32-31(33,34)22-11-15-27-26(19-22)28(38-17-5-2-6-18-38)20-25(35-27)14-16-29(39)21-9-12-24(13-10-21)37-30(40)36-23-7-3-1-4-8-23/h9-16,19-20,23H,1-8,17-18H2,(H2,36,37,40)/b16-14+. The number of hydrogen-bond donors (Lipinski definition) is 2. The summed E-state index contributed by atoms with van der Waals surface area (Å²) in [5.74, 6) is -0.243. The minimum absolute atomic E-state index is 0.200. The number of halogens is 3. The van der Waals surface area contributed by atoms with Crippen molar-refractivity contribution < 1.29 is 22.8 Å². The van der Waals surface area contributed by atoms with Crippen LogP contribution in [0.2, 0.25) is 0 Å². The van der Waals surface area contributed by atoms with Crippen LogP contribution in [0, 0.1) is 0 Å². The van der Waals surface area contributed by atoms with Crippen molar-refractivity contribution >= 4 is 40.2 Å². The zero-order valence-electron chi connectivity index (χ0n) is 22.3. The number of amides is 2. The molecule has 0 atom stereocenters. The van der Waals surface area contributed by atoms with E-state index in [1.807, 2.05) is 0 Å². The summed E-state index contributed by atoms with van der Waals surface area (Å²) in [4.78, 5) is 31.8. The molecule has 0 bridgehead atoms. The SMILES string of the molecule is O=C(Nc1ccc(C(=O)/C=C/c2cc(N3CCCCC3)c3cc(C(F)(F)F)ccc3n2)cc1)NC1CCCCC1. The number of allylic oxidation sites excluding steroid dienone is 1. The van der Waals surface area contributed by atoms with Crippen LogP contribution in [-0.2, 0) is 6.18 Å². The van der Waals surface area contributed by atoms with Crippen molar-refractivity contribution in [2.45, 2.75) is 63.6 Å². The smallest absolute Gasteiger partial charge is 0.371 e. The second kappa shape index (κ2) is 12.1. The second-order valence-electron chi connectivity index (χ2n) is 10.6. The normalized spacial score (nSPS) is 16.8. The van der Waals surface area contributed by atoms with E-state index in [0.717, 1.165) is 70.2 Å². The molecule has 1 saturated heterocycles. The number of rotatable bonds is 6. The lowest BCUT2D eigenvalue weighted by Gasteiger charge is -2.30. The molecule has 5 rings (SSSR count). The van der Waals surface area contributed by atoms with Crippen molar-refractivity contribution in [1.29, 1.82) is 0 Å². The number of benzene rings is 2. The number of aromatic nitrogens is 1. The van der Waals surface area contributed by atoms with Gasteiger partial charge in [-0.3, -0.25) is 4.79 Å². The number of urea groups is 1. The minimum Gasteiger partial charge on any atom is -0.371 e. The molecule has 1 aliphatic heterocycles. The predicted molar refractivity (Wildman–Crippen MR) is 152 cm³/mol. The molecule has 2 aromatic carbocycles. The van der Waals surface area contributed by atoms with Crippen molar-refractivity contribution in [2.24, 2.45) is 0 Å². The first kappa shape index (κ1) is 27.7. The fourth-order valence-corrected chi connectivity index (χ4v) is 5.46. The van der Waals surface area contributed by atoms with Gasteiger partial charge in [-0.15, -0.1) is 0 Å². The third-order valence-corrected chi connectivity index (χ3v) is 7.60. The number of piperidine rings is 1. The average molecular weight is 551 g/mol. The number of ketones is 1. The van der Waals surface area contributed by atoms with E-state index in [-0.39, 0.29) is 17.9 Å². The lowest BCUT2D eigenvalue weighted by Crippen LogP contribution is -2.39. The molecule has 0 spiro atoms. The van der Waals surface area contributed by atoms with Gasteiger partial charge in [0, 0.05) is 41.5 Å². The molecular weight excluding hydrogens is 517 g/mol. The molecule has 210 valence electrons. The summed E-state index contributed by atoms with van der Waals surface area (Å²) < 4.78 is 40.2. The highest BCUT2D eigenvalue weighted by atomic mass is 19.4. The Balaban J connectivity index is 1.31. The highest BCUT2D eigenvalue weighted by Gasteiger charge is 2.31. The van der Waals surface area contributed by atoms with E-state index < -0.39 is 11.7 Å². The number of hydrogen-bond acceptors (Lipinski definition) is 4. The lowest BCUT2D eigenvalue weighted by atomic mass is 9.96. The Morgan fingerprint density at radius 3 is 2.30 bits per heavy atom. The number of carbonyl (C=O) groups is 2. The summed E-state index contributed by atoms with van der Waals surface area (Å²) in [6.07, 6.45) is 7.05. The molecule has 2 fully saturated rings. The minimum atomic E-state index is -4.44. The molecule has 2 aliphatic rings. The van der Waals surface area contributed by atoms with Crippen molar-refractivity contribution in [2.75, 3.05) is 23.3 Å². The first-order chi connectivity index (χ1) is 19.3. The van der Waals surface area contributed by atoms with Gasteiger partial charge in [-0.05, 0) is 92.8 Å². The Hall–Kier alpha value is -3.88. The van der Waals surface area contributed by atoms with E-state index in [2.05, 4.69) is 20.5 Å². The van der Waals surface area contributed by atoms with Crippen LogP contribution in [0.3, 0.4) is 0 Å². The lowest BCUT2D eigenvalue weighted by molar-refractivity contribution is -0.137. The first-order valence-corrected chi connectivity index (χ1v) is 13.9. The maximum atomic E-state index is 13.4. The molecule has 1 aromatic heterocycles. The van der Waals surface area contributed by atoms with Gasteiger partial charge in [0.05, 0.1) is 16.8 Å². The van der Waals surface area contributed by atoms with Gasteiger partial charge >= 0.3 is 12.2 Å². The van der Waals surface area contributed by atoms with E-state index in [9.17, 15) is 22.8 Å². The van der Waals surface area contributed by atoms with Crippen LogP contribution in [0.5, 0.6) is 0 Å². The summed E-state index contributed by atoms with van der Waals surface area (Å²) in [6, 6.07) is 12.0. The van der Waals surface area contributed by atoms with Crippen LogP contribution in [-0.4, -0.2) is 35.9 Å². The molecule has 6 nitrogen and oxygen atoms in total. The molecule has 1 aliphatic carbocycles. The zero-order valence-corrected chi connectivity index (χ0v) is 22.3. The zero-order chi connectivity index (χ0) is 28.1. The number of carbonyl (C=O) groups excluding carboxylic acids is 2. The Bertz CT molecular complexity index is 1390. The summed E-state index contributed by atoms with van der Waals surface area (Å²) in [5.41, 5.74) is 1.98. The summed E-state index contributed by atoms with van der Waals surface area (Å²) in [7, 11) is 0. The van der Waals surface area contributed by atoms with Crippen molar-refractivity contribution in [3.8, 4) is 0 Å². The third-order valence-electron chi connectivity index (χ3n) is 7.60. The summed E-state index contributed by atoms with van der Waals surface area (Å²) in [6.45, 7) is 1.52. The quantitative estimate of drug-likeness (QED) is 0.245. The van der Waals surface area contributed by atoms with Gasteiger partial charge < -0.3 is 15.5 Å². The van der Waals surface area contributed by atoms with Gasteiger partial charge in [0.15, 0.2) is 5.78 Å². The predicted octanol–water partition coefficient (Wildman–Crippen LogP) is 7.59. The molecule has 40 heavy (non-hydrogen) atoms. The topological polar surface area (TPSA) is 74.3 Å². The van der Waals surface area contributed by atoms with Crippen LogP contribution in [0.15, 0.2) is 54.6 Å². The second-order valence-corrected chi connectivity index (χ2v) is 10.6. The highest BCUT2D eigenvalue weighted by Crippen LogP contribution is 2.35. The van der Waals surface area contributed by atoms with Crippen LogP contribution in [0.25, 0.3) is 17.0 Å².